The van der Waals surface area contributed by atoms with Crippen LogP contribution in [0.3, 0.4) is 0 Å². The number of hydrogen-bond donors (Lipinski definition) is 0. The zero-order valence-corrected chi connectivity index (χ0v) is 17.0. The van der Waals surface area contributed by atoms with Gasteiger partial charge in [-0.3, -0.25) is 4.79 Å². The highest BCUT2D eigenvalue weighted by molar-refractivity contribution is 5.81. The Morgan fingerprint density at radius 3 is 2.23 bits per heavy atom. The number of methoxy groups -OCH3 is 3. The fourth-order valence-corrected chi connectivity index (χ4v) is 3.27. The third-order valence-electron chi connectivity index (χ3n) is 4.84. The molecule has 2 aromatic carbocycles. The molecule has 1 heterocycles. The van der Waals surface area contributed by atoms with Crippen molar-refractivity contribution in [2.45, 2.75) is 6.42 Å². The van der Waals surface area contributed by atoms with Crippen LogP contribution >= 0.6 is 0 Å². The van der Waals surface area contributed by atoms with E-state index >= 15 is 0 Å². The summed E-state index contributed by atoms with van der Waals surface area (Å²) in [5.74, 6) is -0.148. The van der Waals surface area contributed by atoms with Crippen molar-refractivity contribution in [3.8, 4) is 23.0 Å². The molecule has 0 saturated heterocycles. The second kappa shape index (κ2) is 9.47. The molecular formula is C22H23F2NO5. The Morgan fingerprint density at radius 2 is 1.70 bits per heavy atom. The highest BCUT2D eigenvalue weighted by Gasteiger charge is 2.23. The average Bonchev–Trinajstić information content (AvgIpc) is 2.77. The van der Waals surface area contributed by atoms with Crippen LogP contribution in [0.5, 0.6) is 23.0 Å². The van der Waals surface area contributed by atoms with Gasteiger partial charge in [0.05, 0.1) is 26.9 Å². The van der Waals surface area contributed by atoms with Crippen LogP contribution in [0.4, 0.5) is 8.78 Å². The number of hydrogen-bond acceptors (Lipinski definition) is 5. The molecule has 6 nitrogen and oxygen atoms in total. The maximum Gasteiger partial charge on any atom is 0.260 e. The number of amides is 1. The molecule has 0 spiro atoms. The van der Waals surface area contributed by atoms with Gasteiger partial charge in [0, 0.05) is 31.3 Å². The summed E-state index contributed by atoms with van der Waals surface area (Å²) in [6.07, 6.45) is 2.50. The standard InChI is InChI=1S/C22H23F2NO5/c1-27-16-11-19(28-2)22(20(12-16)29-3)14-6-8-25(9-7-14)21(26)13-30-18-5-4-15(23)10-17(18)24/h4-6,10-12H,7-9,13H2,1-3H3. The number of carbonyl (C=O) groups is 1. The molecule has 0 aromatic heterocycles. The second-order valence-corrected chi connectivity index (χ2v) is 6.59. The molecule has 8 heteroatoms. The first-order valence-electron chi connectivity index (χ1n) is 9.31. The van der Waals surface area contributed by atoms with Gasteiger partial charge in [0.1, 0.15) is 23.1 Å². The Bertz CT molecular complexity index is 936. The second-order valence-electron chi connectivity index (χ2n) is 6.59. The lowest BCUT2D eigenvalue weighted by Crippen LogP contribution is -2.38. The van der Waals surface area contributed by atoms with E-state index < -0.39 is 11.6 Å². The summed E-state index contributed by atoms with van der Waals surface area (Å²) in [5, 5.41) is 0. The first kappa shape index (κ1) is 21.4. The SMILES string of the molecule is COc1cc(OC)c(C2=CCN(C(=O)COc3ccc(F)cc3F)CC2)c(OC)c1. The Labute approximate surface area is 173 Å². The molecule has 2 aromatic rings. The van der Waals surface area contributed by atoms with Crippen molar-refractivity contribution in [1.29, 1.82) is 0 Å². The number of carbonyl (C=O) groups excluding carboxylic acids is 1. The van der Waals surface area contributed by atoms with Crippen molar-refractivity contribution in [3.05, 3.63) is 53.6 Å². The van der Waals surface area contributed by atoms with Gasteiger partial charge >= 0.3 is 0 Å². The van der Waals surface area contributed by atoms with Gasteiger partial charge in [0.2, 0.25) is 0 Å². The molecule has 30 heavy (non-hydrogen) atoms. The minimum Gasteiger partial charge on any atom is -0.496 e. The van der Waals surface area contributed by atoms with Crippen LogP contribution < -0.4 is 18.9 Å². The number of halogens is 2. The van der Waals surface area contributed by atoms with Crippen molar-refractivity contribution in [2.24, 2.45) is 0 Å². The summed E-state index contributed by atoms with van der Waals surface area (Å²) in [6.45, 7) is 0.487. The fourth-order valence-electron chi connectivity index (χ4n) is 3.27. The zero-order valence-electron chi connectivity index (χ0n) is 17.0. The minimum atomic E-state index is -0.845. The van der Waals surface area contributed by atoms with Gasteiger partial charge in [-0.25, -0.2) is 8.78 Å². The van der Waals surface area contributed by atoms with Crippen LogP contribution in [0.1, 0.15) is 12.0 Å². The smallest absolute Gasteiger partial charge is 0.260 e. The monoisotopic (exact) mass is 419 g/mol. The van der Waals surface area contributed by atoms with Gasteiger partial charge in [-0.2, -0.15) is 0 Å². The first-order chi connectivity index (χ1) is 14.5. The molecule has 1 aliphatic heterocycles. The summed E-state index contributed by atoms with van der Waals surface area (Å²) in [4.78, 5) is 14.0. The molecule has 0 N–H and O–H groups in total. The summed E-state index contributed by atoms with van der Waals surface area (Å²) < 4.78 is 48.1. The van der Waals surface area contributed by atoms with Gasteiger partial charge in [-0.15, -0.1) is 0 Å². The lowest BCUT2D eigenvalue weighted by atomic mass is 9.97. The van der Waals surface area contributed by atoms with Crippen LogP contribution in [-0.2, 0) is 4.79 Å². The van der Waals surface area contributed by atoms with Crippen molar-refractivity contribution in [2.75, 3.05) is 41.0 Å². The lowest BCUT2D eigenvalue weighted by molar-refractivity contribution is -0.132. The quantitative estimate of drug-likeness (QED) is 0.685. The molecule has 0 bridgehead atoms. The highest BCUT2D eigenvalue weighted by Crippen LogP contribution is 2.40. The fraction of sp³-hybridized carbons (Fsp3) is 0.318. The molecule has 0 unspecified atom stereocenters. The van der Waals surface area contributed by atoms with Gasteiger partial charge < -0.3 is 23.8 Å². The number of nitrogens with zero attached hydrogens (tertiary/aromatic N) is 1. The van der Waals surface area contributed by atoms with Crippen molar-refractivity contribution < 1.29 is 32.5 Å². The third-order valence-corrected chi connectivity index (χ3v) is 4.84. The van der Waals surface area contributed by atoms with Crippen molar-refractivity contribution in [1.82, 2.24) is 4.90 Å². The van der Waals surface area contributed by atoms with Crippen LogP contribution in [-0.4, -0.2) is 51.8 Å². The van der Waals surface area contributed by atoms with E-state index in [1.807, 2.05) is 6.08 Å². The molecule has 0 fully saturated rings. The molecule has 0 atom stereocenters. The van der Waals surface area contributed by atoms with Gasteiger partial charge in [-0.05, 0) is 24.1 Å². The predicted octanol–water partition coefficient (Wildman–Crippen LogP) is 3.69. The van der Waals surface area contributed by atoms with Crippen molar-refractivity contribution in [3.63, 3.8) is 0 Å². The van der Waals surface area contributed by atoms with E-state index in [0.717, 1.165) is 23.3 Å². The number of ether oxygens (including phenoxy) is 4. The number of rotatable bonds is 7. The minimum absolute atomic E-state index is 0.161. The topological polar surface area (TPSA) is 57.2 Å². The van der Waals surface area contributed by atoms with Crippen LogP contribution in [0.15, 0.2) is 36.4 Å². The molecule has 160 valence electrons. The molecule has 1 aliphatic rings. The van der Waals surface area contributed by atoms with E-state index in [1.54, 1.807) is 38.4 Å². The lowest BCUT2D eigenvalue weighted by Gasteiger charge is -2.28. The Morgan fingerprint density at radius 1 is 1.00 bits per heavy atom. The maximum atomic E-state index is 13.6. The van der Waals surface area contributed by atoms with Crippen molar-refractivity contribution >= 4 is 11.5 Å². The normalized spacial score (nSPS) is 13.5. The summed E-state index contributed by atoms with van der Waals surface area (Å²) in [7, 11) is 4.71. The third kappa shape index (κ3) is 4.64. The van der Waals surface area contributed by atoms with Gasteiger partial charge in [0.15, 0.2) is 18.2 Å². The molecule has 0 radical (unpaired) electrons. The van der Waals surface area contributed by atoms with E-state index in [1.165, 1.54) is 0 Å². The predicted molar refractivity (Wildman–Crippen MR) is 107 cm³/mol. The van der Waals surface area contributed by atoms with Crippen LogP contribution in [0, 0.1) is 11.6 Å². The summed E-state index contributed by atoms with van der Waals surface area (Å²) >= 11 is 0. The molecule has 1 amide bonds. The molecule has 3 rings (SSSR count). The molecule has 0 saturated carbocycles. The highest BCUT2D eigenvalue weighted by atomic mass is 19.1. The largest absolute Gasteiger partial charge is 0.496 e. The van der Waals surface area contributed by atoms with Crippen LogP contribution in [0.2, 0.25) is 0 Å². The Kier molecular flexibility index (Phi) is 6.76. The van der Waals surface area contributed by atoms with E-state index in [4.69, 9.17) is 18.9 Å². The zero-order chi connectivity index (χ0) is 21.7. The maximum absolute atomic E-state index is 13.6. The first-order valence-corrected chi connectivity index (χ1v) is 9.31. The molecular weight excluding hydrogens is 396 g/mol. The van der Waals surface area contributed by atoms with E-state index in [2.05, 4.69) is 0 Å². The Hall–Kier alpha value is -3.29. The molecule has 0 aliphatic carbocycles. The van der Waals surface area contributed by atoms with E-state index in [0.29, 0.717) is 42.8 Å². The summed E-state index contributed by atoms with van der Waals surface area (Å²) in [6, 6.07) is 6.51. The van der Waals surface area contributed by atoms with E-state index in [-0.39, 0.29) is 18.3 Å². The van der Waals surface area contributed by atoms with Gasteiger partial charge in [-0.1, -0.05) is 6.08 Å². The van der Waals surface area contributed by atoms with E-state index in [9.17, 15) is 13.6 Å². The Balaban J connectivity index is 1.70. The van der Waals surface area contributed by atoms with Crippen LogP contribution in [0.25, 0.3) is 5.57 Å². The summed E-state index contributed by atoms with van der Waals surface area (Å²) in [5.41, 5.74) is 1.80. The number of benzene rings is 2. The average molecular weight is 419 g/mol. The van der Waals surface area contributed by atoms with Gasteiger partial charge in [0.25, 0.3) is 5.91 Å².